The van der Waals surface area contributed by atoms with E-state index in [2.05, 4.69) is 31.0 Å². The van der Waals surface area contributed by atoms with E-state index in [1.165, 1.54) is 45.3 Å². The van der Waals surface area contributed by atoms with E-state index in [4.69, 9.17) is 0 Å². The van der Waals surface area contributed by atoms with Crippen molar-refractivity contribution in [3.8, 4) is 0 Å². The largest absolute Gasteiger partial charge is 0.311 e. The first-order valence-corrected chi connectivity index (χ1v) is 7.19. The van der Waals surface area contributed by atoms with Gasteiger partial charge >= 0.3 is 0 Å². The van der Waals surface area contributed by atoms with E-state index in [9.17, 15) is 0 Å². The Morgan fingerprint density at radius 2 is 2.06 bits per heavy atom. The van der Waals surface area contributed by atoms with Crippen LogP contribution in [0.1, 0.15) is 46.5 Å². The Balaban J connectivity index is 1.85. The first-order valence-electron chi connectivity index (χ1n) is 7.19. The Hall–Kier alpha value is -0.0800. The molecule has 0 aromatic heterocycles. The summed E-state index contributed by atoms with van der Waals surface area (Å²) in [5.74, 6) is 1.81. The second-order valence-corrected chi connectivity index (χ2v) is 5.87. The van der Waals surface area contributed by atoms with Gasteiger partial charge in [0.1, 0.15) is 0 Å². The minimum absolute atomic E-state index is 0.723. The van der Waals surface area contributed by atoms with Crippen molar-refractivity contribution < 1.29 is 0 Å². The SMILES string of the molecule is CCC(C)C1CN(C(C)C2CCC2)CCN1. The topological polar surface area (TPSA) is 15.3 Å². The number of nitrogens with zero attached hydrogens (tertiary/aromatic N) is 1. The van der Waals surface area contributed by atoms with E-state index >= 15 is 0 Å². The number of piperazine rings is 1. The first kappa shape index (κ1) is 12.4. The van der Waals surface area contributed by atoms with Crippen LogP contribution in [0.25, 0.3) is 0 Å². The van der Waals surface area contributed by atoms with Crippen molar-refractivity contribution in [3.05, 3.63) is 0 Å². The molecule has 3 unspecified atom stereocenters. The molecule has 2 nitrogen and oxygen atoms in total. The van der Waals surface area contributed by atoms with Crippen molar-refractivity contribution in [1.29, 1.82) is 0 Å². The molecule has 3 atom stereocenters. The molecule has 16 heavy (non-hydrogen) atoms. The normalized spacial score (nSPS) is 32.1. The Kier molecular flexibility index (Phi) is 4.26. The Bertz CT molecular complexity index is 210. The molecule has 2 heteroatoms. The van der Waals surface area contributed by atoms with E-state index in [-0.39, 0.29) is 0 Å². The molecular formula is C14H28N2. The van der Waals surface area contributed by atoms with E-state index in [1.807, 2.05) is 0 Å². The molecule has 0 aromatic rings. The molecular weight excluding hydrogens is 196 g/mol. The Morgan fingerprint density at radius 1 is 1.31 bits per heavy atom. The third-order valence-electron chi connectivity index (χ3n) is 4.98. The maximum absolute atomic E-state index is 3.69. The first-order chi connectivity index (χ1) is 7.72. The van der Waals surface area contributed by atoms with Gasteiger partial charge in [-0.05, 0) is 31.6 Å². The molecule has 1 aliphatic heterocycles. The lowest BCUT2D eigenvalue weighted by atomic mass is 9.79. The zero-order valence-electron chi connectivity index (χ0n) is 11.2. The van der Waals surface area contributed by atoms with Crippen LogP contribution in [0.4, 0.5) is 0 Å². The maximum atomic E-state index is 3.69. The zero-order valence-corrected chi connectivity index (χ0v) is 11.2. The molecule has 0 bridgehead atoms. The van der Waals surface area contributed by atoms with Crippen LogP contribution >= 0.6 is 0 Å². The average molecular weight is 224 g/mol. The molecule has 0 spiro atoms. The van der Waals surface area contributed by atoms with Crippen LogP contribution in [0.3, 0.4) is 0 Å². The van der Waals surface area contributed by atoms with Gasteiger partial charge < -0.3 is 5.32 Å². The Morgan fingerprint density at radius 3 is 2.62 bits per heavy atom. The minimum atomic E-state index is 0.723. The molecule has 2 aliphatic rings. The standard InChI is InChI=1S/C14H28N2/c1-4-11(2)14-10-16(9-8-15-14)12(3)13-6-5-7-13/h11-15H,4-10H2,1-3H3. The van der Waals surface area contributed by atoms with E-state index < -0.39 is 0 Å². The van der Waals surface area contributed by atoms with Crippen LogP contribution in [-0.2, 0) is 0 Å². The van der Waals surface area contributed by atoms with Gasteiger partial charge in [-0.25, -0.2) is 0 Å². The highest BCUT2D eigenvalue weighted by Gasteiger charge is 2.32. The number of hydrogen-bond donors (Lipinski definition) is 1. The van der Waals surface area contributed by atoms with Gasteiger partial charge in [0.15, 0.2) is 0 Å². The van der Waals surface area contributed by atoms with Crippen LogP contribution in [0, 0.1) is 11.8 Å². The Labute approximate surface area is 101 Å². The fourth-order valence-corrected chi connectivity index (χ4v) is 3.06. The summed E-state index contributed by atoms with van der Waals surface area (Å²) in [6.45, 7) is 10.8. The van der Waals surface area contributed by atoms with Gasteiger partial charge in [-0.15, -0.1) is 0 Å². The summed E-state index contributed by atoms with van der Waals surface area (Å²) >= 11 is 0. The second-order valence-electron chi connectivity index (χ2n) is 5.87. The van der Waals surface area contributed by atoms with Gasteiger partial charge in [-0.2, -0.15) is 0 Å². The van der Waals surface area contributed by atoms with Crippen molar-refractivity contribution in [3.63, 3.8) is 0 Å². The molecule has 1 N–H and O–H groups in total. The molecule has 2 fully saturated rings. The van der Waals surface area contributed by atoms with Crippen molar-refractivity contribution >= 4 is 0 Å². The van der Waals surface area contributed by atoms with Crippen molar-refractivity contribution in [1.82, 2.24) is 10.2 Å². The molecule has 1 saturated heterocycles. The van der Waals surface area contributed by atoms with Crippen LogP contribution in [-0.4, -0.2) is 36.6 Å². The highest BCUT2D eigenvalue weighted by atomic mass is 15.2. The second kappa shape index (κ2) is 5.50. The lowest BCUT2D eigenvalue weighted by Crippen LogP contribution is -2.57. The molecule has 2 rings (SSSR count). The van der Waals surface area contributed by atoms with Gasteiger partial charge in [0, 0.05) is 31.7 Å². The minimum Gasteiger partial charge on any atom is -0.311 e. The molecule has 1 aliphatic carbocycles. The molecule has 0 amide bonds. The third kappa shape index (κ3) is 2.60. The smallest absolute Gasteiger partial charge is 0.0221 e. The maximum Gasteiger partial charge on any atom is 0.0221 e. The monoisotopic (exact) mass is 224 g/mol. The number of rotatable bonds is 4. The lowest BCUT2D eigenvalue weighted by molar-refractivity contribution is 0.0692. The van der Waals surface area contributed by atoms with E-state index in [1.54, 1.807) is 0 Å². The summed E-state index contributed by atoms with van der Waals surface area (Å²) in [5.41, 5.74) is 0. The van der Waals surface area contributed by atoms with Crippen molar-refractivity contribution in [2.45, 2.75) is 58.5 Å². The van der Waals surface area contributed by atoms with Gasteiger partial charge in [0.25, 0.3) is 0 Å². The highest BCUT2D eigenvalue weighted by Crippen LogP contribution is 2.32. The summed E-state index contributed by atoms with van der Waals surface area (Å²) in [5, 5.41) is 3.69. The molecule has 1 heterocycles. The quantitative estimate of drug-likeness (QED) is 0.789. The fraction of sp³-hybridized carbons (Fsp3) is 1.00. The summed E-state index contributed by atoms with van der Waals surface area (Å²) in [6, 6.07) is 1.55. The summed E-state index contributed by atoms with van der Waals surface area (Å²) in [7, 11) is 0. The van der Waals surface area contributed by atoms with E-state index in [0.29, 0.717) is 0 Å². The van der Waals surface area contributed by atoms with E-state index in [0.717, 1.165) is 23.9 Å². The van der Waals surface area contributed by atoms with Gasteiger partial charge in [-0.1, -0.05) is 26.7 Å². The molecule has 1 saturated carbocycles. The predicted octanol–water partition coefficient (Wildman–Crippen LogP) is 2.49. The van der Waals surface area contributed by atoms with Gasteiger partial charge in [0.2, 0.25) is 0 Å². The highest BCUT2D eigenvalue weighted by molar-refractivity contribution is 4.88. The zero-order chi connectivity index (χ0) is 11.5. The summed E-state index contributed by atoms with van der Waals surface area (Å²) in [4.78, 5) is 2.73. The predicted molar refractivity (Wildman–Crippen MR) is 69.6 cm³/mol. The average Bonchev–Trinajstić information content (AvgIpc) is 2.26. The summed E-state index contributed by atoms with van der Waals surface area (Å²) < 4.78 is 0. The molecule has 94 valence electrons. The van der Waals surface area contributed by atoms with Crippen LogP contribution < -0.4 is 5.32 Å². The molecule has 0 aromatic carbocycles. The fourth-order valence-electron chi connectivity index (χ4n) is 3.06. The van der Waals surface area contributed by atoms with Crippen molar-refractivity contribution in [2.75, 3.05) is 19.6 Å². The number of nitrogens with one attached hydrogen (secondary N) is 1. The van der Waals surface area contributed by atoms with Crippen LogP contribution in [0.15, 0.2) is 0 Å². The van der Waals surface area contributed by atoms with Crippen molar-refractivity contribution in [2.24, 2.45) is 11.8 Å². The third-order valence-corrected chi connectivity index (χ3v) is 4.98. The van der Waals surface area contributed by atoms with Gasteiger partial charge in [-0.3, -0.25) is 4.90 Å². The van der Waals surface area contributed by atoms with Crippen LogP contribution in [0.2, 0.25) is 0 Å². The summed E-state index contributed by atoms with van der Waals surface area (Å²) in [6.07, 6.45) is 5.71. The molecule has 0 radical (unpaired) electrons. The number of hydrogen-bond acceptors (Lipinski definition) is 2. The van der Waals surface area contributed by atoms with Crippen LogP contribution in [0.5, 0.6) is 0 Å². The van der Waals surface area contributed by atoms with Gasteiger partial charge in [0.05, 0.1) is 0 Å². The lowest BCUT2D eigenvalue weighted by Gasteiger charge is -2.44.